The zero-order valence-corrected chi connectivity index (χ0v) is 32.6. The molecule has 9 nitrogen and oxygen atoms in total. The predicted molar refractivity (Wildman–Crippen MR) is 223 cm³/mol. The maximum atomic E-state index is 15.5. The number of carbonyl (C=O) groups is 5. The van der Waals surface area contributed by atoms with Crippen LogP contribution in [0.4, 0.5) is 15.8 Å². The lowest BCUT2D eigenvalue weighted by atomic mass is 9.49. The SMILES string of the molecule is O=C(c1ccccc1)c1ccc(N2C(=O)[C@H]3[C@H](CC=C4[C@H]3C[C@H]3C(=O)N(Nc5ccc(F)cc5)C(=O)[C@@]3(c3ccc(Cl)cc3)[C@H]4c3ccc(O)c4ccccc34)C2=O)cc1. The van der Waals surface area contributed by atoms with Crippen molar-refractivity contribution in [2.45, 2.75) is 24.2 Å². The maximum absolute atomic E-state index is 15.5. The summed E-state index contributed by atoms with van der Waals surface area (Å²) < 4.78 is 14.0. The first-order valence-electron chi connectivity index (χ1n) is 19.7. The molecule has 10 rings (SSSR count). The van der Waals surface area contributed by atoms with Crippen LogP contribution in [0.3, 0.4) is 0 Å². The molecule has 2 heterocycles. The molecule has 3 fully saturated rings. The molecule has 2 saturated heterocycles. The third-order valence-electron chi connectivity index (χ3n) is 12.9. The number of benzene rings is 6. The van der Waals surface area contributed by atoms with E-state index in [-0.39, 0.29) is 30.3 Å². The fourth-order valence-electron chi connectivity index (χ4n) is 10.3. The molecule has 60 heavy (non-hydrogen) atoms. The van der Waals surface area contributed by atoms with Crippen LogP contribution < -0.4 is 10.3 Å². The lowest BCUT2D eigenvalue weighted by Crippen LogP contribution is -2.53. The van der Waals surface area contributed by atoms with Gasteiger partial charge in [-0.2, -0.15) is 5.01 Å². The van der Waals surface area contributed by atoms with E-state index in [4.69, 9.17) is 11.6 Å². The van der Waals surface area contributed by atoms with Gasteiger partial charge in [0.1, 0.15) is 11.6 Å². The molecule has 2 N–H and O–H groups in total. The normalized spacial score (nSPS) is 24.6. The lowest BCUT2D eigenvalue weighted by molar-refractivity contribution is -0.138. The van der Waals surface area contributed by atoms with Gasteiger partial charge in [0, 0.05) is 27.5 Å². The summed E-state index contributed by atoms with van der Waals surface area (Å²) in [6.45, 7) is 0. The molecule has 6 aromatic rings. The van der Waals surface area contributed by atoms with E-state index in [1.54, 1.807) is 97.1 Å². The number of hydrazine groups is 1. The van der Waals surface area contributed by atoms with Crippen LogP contribution in [0.1, 0.15) is 45.8 Å². The van der Waals surface area contributed by atoms with E-state index in [1.165, 1.54) is 29.2 Å². The number of hydrogen-bond acceptors (Lipinski definition) is 7. The topological polar surface area (TPSA) is 124 Å². The van der Waals surface area contributed by atoms with Gasteiger partial charge >= 0.3 is 0 Å². The van der Waals surface area contributed by atoms with Crippen molar-refractivity contribution in [1.82, 2.24) is 5.01 Å². The second-order valence-corrected chi connectivity index (χ2v) is 16.3. The minimum atomic E-state index is -1.59. The third kappa shape index (κ3) is 5.54. The van der Waals surface area contributed by atoms with Gasteiger partial charge in [0.2, 0.25) is 11.8 Å². The number of imide groups is 2. The minimum absolute atomic E-state index is 0.0358. The van der Waals surface area contributed by atoms with E-state index in [0.29, 0.717) is 49.4 Å². The molecular formula is C49H35ClFN3O6. The molecule has 0 aromatic heterocycles. The number of hydrogen-bond donors (Lipinski definition) is 2. The number of fused-ring (bicyclic) bond motifs is 5. The Morgan fingerprint density at radius 2 is 1.38 bits per heavy atom. The molecule has 2 aliphatic heterocycles. The van der Waals surface area contributed by atoms with Gasteiger partial charge in [-0.25, -0.2) is 4.39 Å². The van der Waals surface area contributed by atoms with Crippen molar-refractivity contribution in [1.29, 1.82) is 0 Å². The van der Waals surface area contributed by atoms with E-state index in [2.05, 4.69) is 5.43 Å². The van der Waals surface area contributed by atoms with E-state index >= 15 is 9.59 Å². The third-order valence-corrected chi connectivity index (χ3v) is 13.2. The largest absolute Gasteiger partial charge is 0.507 e. The molecule has 0 unspecified atom stereocenters. The van der Waals surface area contributed by atoms with Gasteiger partial charge in [-0.15, -0.1) is 0 Å². The fourth-order valence-corrected chi connectivity index (χ4v) is 10.5. The highest BCUT2D eigenvalue weighted by molar-refractivity contribution is 6.30. The molecule has 2 aliphatic carbocycles. The van der Waals surface area contributed by atoms with Gasteiger partial charge in [0.05, 0.1) is 34.5 Å². The van der Waals surface area contributed by atoms with E-state index in [0.717, 1.165) is 10.6 Å². The summed E-state index contributed by atoms with van der Waals surface area (Å²) in [5.41, 5.74) is 4.89. The standard InChI is InChI=1S/C49H35ClFN3O6/c50-30-14-12-29(13-15-30)49-40(46(58)54(48(49)60)52-32-18-16-31(51)17-19-32)26-39-37(43(49)36-24-25-41(55)35-9-5-4-8-34(35)36)22-23-38-42(39)47(59)53(45(38)57)33-20-10-28(11-21-33)44(56)27-6-2-1-3-7-27/h1-22,24-25,38-40,42-43,52,55H,23,26H2/t38-,39+,40-,42-,43-,49+/m0/s1. The summed E-state index contributed by atoms with van der Waals surface area (Å²) in [4.78, 5) is 74.2. The number of rotatable bonds is 7. The second kappa shape index (κ2) is 14.1. The molecule has 11 heteroatoms. The monoisotopic (exact) mass is 815 g/mol. The molecule has 4 amide bonds. The van der Waals surface area contributed by atoms with Crippen molar-refractivity contribution in [3.8, 4) is 5.75 Å². The highest BCUT2D eigenvalue weighted by Crippen LogP contribution is 2.65. The van der Waals surface area contributed by atoms with Crippen molar-refractivity contribution in [2.75, 3.05) is 10.3 Å². The second-order valence-electron chi connectivity index (χ2n) is 15.8. The molecule has 6 atom stereocenters. The van der Waals surface area contributed by atoms with Gasteiger partial charge in [-0.05, 0) is 102 Å². The molecule has 6 aromatic carbocycles. The first-order valence-corrected chi connectivity index (χ1v) is 20.1. The van der Waals surface area contributed by atoms with Crippen molar-refractivity contribution >= 4 is 63.2 Å². The number of aromatic hydroxyl groups is 1. The van der Waals surface area contributed by atoms with Gasteiger partial charge in [-0.3, -0.25) is 34.3 Å². The average molecular weight is 816 g/mol. The van der Waals surface area contributed by atoms with Crippen molar-refractivity contribution in [3.63, 3.8) is 0 Å². The van der Waals surface area contributed by atoms with Crippen LogP contribution >= 0.6 is 11.6 Å². The molecule has 0 radical (unpaired) electrons. The van der Waals surface area contributed by atoms with Gasteiger partial charge < -0.3 is 5.11 Å². The van der Waals surface area contributed by atoms with E-state index in [1.807, 2.05) is 24.3 Å². The van der Waals surface area contributed by atoms with E-state index in [9.17, 15) is 23.9 Å². The van der Waals surface area contributed by atoms with Gasteiger partial charge in [0.15, 0.2) is 5.78 Å². The average Bonchev–Trinajstić information content (AvgIpc) is 3.65. The van der Waals surface area contributed by atoms with Crippen LogP contribution in [-0.2, 0) is 24.6 Å². The number of nitrogens with zero attached hydrogens (tertiary/aromatic N) is 2. The Balaban J connectivity index is 1.12. The quantitative estimate of drug-likeness (QED) is 0.0939. The zero-order valence-electron chi connectivity index (χ0n) is 31.8. The van der Waals surface area contributed by atoms with Crippen molar-refractivity contribution in [2.24, 2.45) is 23.7 Å². The summed E-state index contributed by atoms with van der Waals surface area (Å²) in [5.74, 6) is -6.68. The van der Waals surface area contributed by atoms with Crippen LogP contribution in [0.5, 0.6) is 5.75 Å². The highest BCUT2D eigenvalue weighted by Gasteiger charge is 2.70. The van der Waals surface area contributed by atoms with Crippen LogP contribution in [0, 0.1) is 29.5 Å². The first-order chi connectivity index (χ1) is 29.1. The molecular weight excluding hydrogens is 781 g/mol. The maximum Gasteiger partial charge on any atom is 0.260 e. The number of phenols is 1. The summed E-state index contributed by atoms with van der Waals surface area (Å²) in [5, 5.41) is 13.7. The fraction of sp³-hybridized carbons (Fsp3) is 0.163. The number of allylic oxidation sites excluding steroid dienone is 2. The predicted octanol–water partition coefficient (Wildman–Crippen LogP) is 8.76. The lowest BCUT2D eigenvalue weighted by Gasteiger charge is -2.51. The van der Waals surface area contributed by atoms with E-state index < -0.39 is 58.5 Å². The van der Waals surface area contributed by atoms with Crippen molar-refractivity contribution in [3.05, 3.63) is 184 Å². The molecule has 4 aliphatic rings. The number of phenolic OH excluding ortho intramolecular Hbond substituents is 1. The van der Waals surface area contributed by atoms with Crippen LogP contribution in [0.2, 0.25) is 5.02 Å². The Kier molecular flexibility index (Phi) is 8.80. The molecule has 1 saturated carbocycles. The Hall–Kier alpha value is -6.91. The van der Waals surface area contributed by atoms with Gasteiger partial charge in [0.25, 0.3) is 11.8 Å². The van der Waals surface area contributed by atoms with Gasteiger partial charge in [-0.1, -0.05) is 96.0 Å². The van der Waals surface area contributed by atoms with Crippen LogP contribution in [-0.4, -0.2) is 39.5 Å². The molecule has 296 valence electrons. The zero-order chi connectivity index (χ0) is 41.4. The summed E-state index contributed by atoms with van der Waals surface area (Å²) in [6.07, 6.45) is 2.23. The highest BCUT2D eigenvalue weighted by atomic mass is 35.5. The summed E-state index contributed by atoms with van der Waals surface area (Å²) in [6, 6.07) is 38.1. The number of nitrogens with one attached hydrogen (secondary N) is 1. The number of carbonyl (C=O) groups excluding carboxylic acids is 5. The number of ketones is 1. The first kappa shape index (κ1) is 37.4. The Bertz CT molecular complexity index is 2810. The molecule has 0 spiro atoms. The number of anilines is 2. The smallest absolute Gasteiger partial charge is 0.260 e. The Labute approximate surface area is 348 Å². The summed E-state index contributed by atoms with van der Waals surface area (Å²) in [7, 11) is 0. The van der Waals surface area contributed by atoms with Crippen molar-refractivity contribution < 1.29 is 33.5 Å². The molecule has 0 bridgehead atoms. The number of amides is 4. The van der Waals surface area contributed by atoms with Crippen LogP contribution in [0.25, 0.3) is 10.8 Å². The van der Waals surface area contributed by atoms with Crippen LogP contribution in [0.15, 0.2) is 151 Å². The summed E-state index contributed by atoms with van der Waals surface area (Å²) >= 11 is 6.44. The Morgan fingerprint density at radius 3 is 2.10 bits per heavy atom. The Morgan fingerprint density at radius 1 is 0.717 bits per heavy atom. The number of halogens is 2. The minimum Gasteiger partial charge on any atom is -0.507 e.